The molecule has 2 aromatic rings. The van der Waals surface area contributed by atoms with Crippen LogP contribution in [0.15, 0.2) is 18.2 Å². The minimum absolute atomic E-state index is 0.151. The van der Waals surface area contributed by atoms with Gasteiger partial charge in [-0.2, -0.15) is 5.10 Å². The number of nitrogens with zero attached hydrogens (tertiary/aromatic N) is 2. The summed E-state index contributed by atoms with van der Waals surface area (Å²) in [4.78, 5) is 12.5. The summed E-state index contributed by atoms with van der Waals surface area (Å²) in [5.74, 6) is 0.555. The zero-order valence-corrected chi connectivity index (χ0v) is 13.5. The van der Waals surface area contributed by atoms with Crippen molar-refractivity contribution in [3.05, 3.63) is 46.3 Å². The van der Waals surface area contributed by atoms with Gasteiger partial charge in [0.15, 0.2) is 6.10 Å². The summed E-state index contributed by atoms with van der Waals surface area (Å²) in [6, 6.07) is 5.83. The van der Waals surface area contributed by atoms with Gasteiger partial charge in [-0.05, 0) is 70.4 Å². The molecule has 0 aliphatic carbocycles. The summed E-state index contributed by atoms with van der Waals surface area (Å²) in [6.45, 7) is 11.6. The Labute approximate surface area is 125 Å². The van der Waals surface area contributed by atoms with Crippen molar-refractivity contribution in [2.45, 2.75) is 47.6 Å². The molecular formula is C17H22N2O2. The number of aryl methyl sites for hydroxylation is 3. The molecule has 21 heavy (non-hydrogen) atoms. The third-order valence-electron chi connectivity index (χ3n) is 4.00. The van der Waals surface area contributed by atoms with Gasteiger partial charge in [-0.25, -0.2) is 4.68 Å². The molecule has 0 radical (unpaired) electrons. The summed E-state index contributed by atoms with van der Waals surface area (Å²) in [5, 5.41) is 4.29. The third-order valence-corrected chi connectivity index (χ3v) is 4.00. The van der Waals surface area contributed by atoms with E-state index in [4.69, 9.17) is 4.74 Å². The molecule has 0 aliphatic rings. The molecule has 0 saturated carbocycles. The molecule has 4 heteroatoms. The second-order valence-electron chi connectivity index (χ2n) is 5.55. The molecule has 112 valence electrons. The fourth-order valence-corrected chi connectivity index (χ4v) is 2.15. The lowest BCUT2D eigenvalue weighted by Crippen LogP contribution is -2.30. The number of aromatic nitrogens is 2. The van der Waals surface area contributed by atoms with Gasteiger partial charge in [0, 0.05) is 5.69 Å². The number of carbonyl (C=O) groups excluding carboxylic acids is 1. The number of hydrogen-bond donors (Lipinski definition) is 0. The second kappa shape index (κ2) is 5.72. The van der Waals surface area contributed by atoms with Gasteiger partial charge in [0.2, 0.25) is 0 Å². The quantitative estimate of drug-likeness (QED) is 0.867. The van der Waals surface area contributed by atoms with E-state index in [9.17, 15) is 4.79 Å². The molecule has 0 saturated heterocycles. The Morgan fingerprint density at radius 2 is 1.81 bits per heavy atom. The van der Waals surface area contributed by atoms with Gasteiger partial charge >= 0.3 is 0 Å². The number of hydrogen-bond acceptors (Lipinski definition) is 3. The maximum Gasteiger partial charge on any atom is 0.287 e. The van der Waals surface area contributed by atoms with Crippen LogP contribution in [0.5, 0.6) is 5.75 Å². The van der Waals surface area contributed by atoms with Gasteiger partial charge in [-0.15, -0.1) is 0 Å². The van der Waals surface area contributed by atoms with E-state index in [1.807, 2.05) is 52.8 Å². The van der Waals surface area contributed by atoms with Crippen LogP contribution in [0.2, 0.25) is 0 Å². The Balaban J connectivity index is 2.19. The molecule has 0 bridgehead atoms. The number of benzene rings is 1. The Morgan fingerprint density at radius 1 is 1.14 bits per heavy atom. The highest BCUT2D eigenvalue weighted by molar-refractivity contribution is 5.83. The van der Waals surface area contributed by atoms with Crippen molar-refractivity contribution in [3.8, 4) is 5.75 Å². The summed E-state index contributed by atoms with van der Waals surface area (Å²) in [7, 11) is 0. The zero-order valence-electron chi connectivity index (χ0n) is 13.5. The van der Waals surface area contributed by atoms with Crippen molar-refractivity contribution < 1.29 is 9.53 Å². The third kappa shape index (κ3) is 2.99. The molecule has 0 fully saturated rings. The van der Waals surface area contributed by atoms with Crippen molar-refractivity contribution in [1.82, 2.24) is 9.78 Å². The predicted octanol–water partition coefficient (Wildman–Crippen LogP) is 3.53. The van der Waals surface area contributed by atoms with E-state index in [0.29, 0.717) is 5.75 Å². The van der Waals surface area contributed by atoms with Crippen LogP contribution in [0.4, 0.5) is 0 Å². The van der Waals surface area contributed by atoms with Gasteiger partial charge in [0.05, 0.1) is 5.69 Å². The van der Waals surface area contributed by atoms with Crippen LogP contribution in [-0.2, 0) is 0 Å². The first-order chi connectivity index (χ1) is 9.81. The van der Waals surface area contributed by atoms with E-state index < -0.39 is 6.10 Å². The Kier molecular flexibility index (Phi) is 4.16. The summed E-state index contributed by atoms with van der Waals surface area (Å²) < 4.78 is 7.20. The highest BCUT2D eigenvalue weighted by Crippen LogP contribution is 2.19. The topological polar surface area (TPSA) is 44.1 Å². The number of carbonyl (C=O) groups is 1. The van der Waals surface area contributed by atoms with Crippen LogP contribution < -0.4 is 4.74 Å². The Morgan fingerprint density at radius 3 is 2.33 bits per heavy atom. The lowest BCUT2D eigenvalue weighted by Gasteiger charge is -2.15. The van der Waals surface area contributed by atoms with Crippen LogP contribution in [-0.4, -0.2) is 21.8 Å². The molecule has 1 aromatic carbocycles. The van der Waals surface area contributed by atoms with Gasteiger partial charge < -0.3 is 4.74 Å². The summed E-state index contributed by atoms with van der Waals surface area (Å²) >= 11 is 0. The monoisotopic (exact) mass is 286 g/mol. The normalized spacial score (nSPS) is 12.3. The summed E-state index contributed by atoms with van der Waals surface area (Å²) in [5.41, 5.74) is 5.14. The highest BCUT2D eigenvalue weighted by Gasteiger charge is 2.21. The van der Waals surface area contributed by atoms with E-state index >= 15 is 0 Å². The predicted molar refractivity (Wildman–Crippen MR) is 83.1 cm³/mol. The minimum atomic E-state index is -0.579. The van der Waals surface area contributed by atoms with E-state index in [1.54, 1.807) is 6.92 Å². The molecule has 0 aliphatic heterocycles. The van der Waals surface area contributed by atoms with Crippen LogP contribution in [0.25, 0.3) is 0 Å². The molecule has 0 N–H and O–H groups in total. The average molecular weight is 286 g/mol. The van der Waals surface area contributed by atoms with Crippen LogP contribution in [0.3, 0.4) is 0 Å². The van der Waals surface area contributed by atoms with Crippen LogP contribution in [0.1, 0.15) is 39.8 Å². The standard InChI is InChI=1S/C17H22N2O2/c1-10-7-8-16(9-11(10)2)21-15(6)17(20)19-14(5)12(3)13(4)18-19/h7-9,15H,1-6H3/t15-/m0/s1. The molecule has 2 rings (SSSR count). The van der Waals surface area contributed by atoms with Crippen LogP contribution in [0, 0.1) is 34.6 Å². The highest BCUT2D eigenvalue weighted by atomic mass is 16.5. The van der Waals surface area contributed by atoms with E-state index in [1.165, 1.54) is 10.2 Å². The van der Waals surface area contributed by atoms with Crippen molar-refractivity contribution >= 4 is 5.91 Å². The first-order valence-corrected chi connectivity index (χ1v) is 7.12. The average Bonchev–Trinajstić information content (AvgIpc) is 2.69. The van der Waals surface area contributed by atoms with Gasteiger partial charge in [0.25, 0.3) is 5.91 Å². The largest absolute Gasteiger partial charge is 0.481 e. The fourth-order valence-electron chi connectivity index (χ4n) is 2.15. The molecule has 0 amide bonds. The van der Waals surface area contributed by atoms with Crippen LogP contribution >= 0.6 is 0 Å². The molecule has 1 atom stereocenters. The van der Waals surface area contributed by atoms with Gasteiger partial charge in [-0.3, -0.25) is 4.79 Å². The minimum Gasteiger partial charge on any atom is -0.481 e. The van der Waals surface area contributed by atoms with Crippen molar-refractivity contribution in [1.29, 1.82) is 0 Å². The molecule has 0 spiro atoms. The maximum absolute atomic E-state index is 12.5. The molecule has 4 nitrogen and oxygen atoms in total. The van der Waals surface area contributed by atoms with Gasteiger partial charge in [-0.1, -0.05) is 6.07 Å². The molecule has 0 unspecified atom stereocenters. The smallest absolute Gasteiger partial charge is 0.287 e. The SMILES string of the molecule is Cc1ccc(O[C@@H](C)C(=O)n2nc(C)c(C)c2C)cc1C. The lowest BCUT2D eigenvalue weighted by molar-refractivity contribution is 0.0707. The Hall–Kier alpha value is -2.10. The summed E-state index contributed by atoms with van der Waals surface area (Å²) in [6.07, 6.45) is -0.579. The first kappa shape index (κ1) is 15.3. The molecule has 1 aromatic heterocycles. The maximum atomic E-state index is 12.5. The number of ether oxygens (including phenoxy) is 1. The number of rotatable bonds is 3. The first-order valence-electron chi connectivity index (χ1n) is 7.12. The lowest BCUT2D eigenvalue weighted by atomic mass is 10.1. The van der Waals surface area contributed by atoms with Crippen molar-refractivity contribution in [2.24, 2.45) is 0 Å². The van der Waals surface area contributed by atoms with Crippen molar-refractivity contribution in [3.63, 3.8) is 0 Å². The molecule has 1 heterocycles. The van der Waals surface area contributed by atoms with Crippen molar-refractivity contribution in [2.75, 3.05) is 0 Å². The van der Waals surface area contributed by atoms with E-state index in [0.717, 1.165) is 22.5 Å². The fraction of sp³-hybridized carbons (Fsp3) is 0.412. The Bertz CT molecular complexity index is 686. The van der Waals surface area contributed by atoms with Gasteiger partial charge in [0.1, 0.15) is 5.75 Å². The van der Waals surface area contributed by atoms with E-state index in [2.05, 4.69) is 5.10 Å². The van der Waals surface area contributed by atoms with E-state index in [-0.39, 0.29) is 5.91 Å². The molecular weight excluding hydrogens is 264 g/mol. The zero-order chi connectivity index (χ0) is 15.7. The second-order valence-corrected chi connectivity index (χ2v) is 5.55.